The number of rotatable bonds is 8. The maximum absolute atomic E-state index is 11.6. The maximum Gasteiger partial charge on any atom is 0.337 e. The average molecular weight is 289 g/mol. The fourth-order valence-corrected chi connectivity index (χ4v) is 1.84. The summed E-state index contributed by atoms with van der Waals surface area (Å²) >= 11 is 0. The van der Waals surface area contributed by atoms with Crippen LogP contribution in [0.5, 0.6) is 0 Å². The number of nitrogens with one attached hydrogen (secondary N) is 1. The minimum atomic E-state index is -0.365. The van der Waals surface area contributed by atoms with Crippen LogP contribution in [-0.2, 0) is 9.53 Å². The summed E-state index contributed by atoms with van der Waals surface area (Å²) in [6.45, 7) is 2.87. The van der Waals surface area contributed by atoms with Crippen molar-refractivity contribution >= 4 is 18.0 Å². The molecule has 0 radical (unpaired) electrons. The van der Waals surface area contributed by atoms with Crippen molar-refractivity contribution in [3.05, 3.63) is 41.5 Å². The summed E-state index contributed by atoms with van der Waals surface area (Å²) in [5.41, 5.74) is 1.36. The van der Waals surface area contributed by atoms with Crippen LogP contribution in [0, 0.1) is 0 Å². The average Bonchev–Trinajstić information content (AvgIpc) is 2.52. The molecule has 0 aromatic heterocycles. The number of ether oxygens (including phenoxy) is 1. The maximum atomic E-state index is 11.6. The topological polar surface area (TPSA) is 55.4 Å². The first-order valence-corrected chi connectivity index (χ1v) is 7.31. The van der Waals surface area contributed by atoms with E-state index in [-0.39, 0.29) is 11.9 Å². The van der Waals surface area contributed by atoms with E-state index in [0.717, 1.165) is 18.4 Å². The molecule has 21 heavy (non-hydrogen) atoms. The van der Waals surface area contributed by atoms with E-state index in [0.29, 0.717) is 12.1 Å². The third-order valence-electron chi connectivity index (χ3n) is 3.09. The molecule has 1 N–H and O–H groups in total. The van der Waals surface area contributed by atoms with Crippen molar-refractivity contribution < 1.29 is 14.3 Å². The highest BCUT2D eigenvalue weighted by atomic mass is 16.5. The molecule has 0 bridgehead atoms. The Morgan fingerprint density at radius 3 is 2.48 bits per heavy atom. The lowest BCUT2D eigenvalue weighted by Crippen LogP contribution is -2.21. The zero-order valence-electron chi connectivity index (χ0n) is 12.7. The lowest BCUT2D eigenvalue weighted by Gasteiger charge is -2.01. The Morgan fingerprint density at radius 1 is 1.14 bits per heavy atom. The lowest BCUT2D eigenvalue weighted by atomic mass is 10.1. The van der Waals surface area contributed by atoms with Crippen LogP contribution >= 0.6 is 0 Å². The summed E-state index contributed by atoms with van der Waals surface area (Å²) in [6.07, 6.45) is 7.79. The smallest absolute Gasteiger partial charge is 0.337 e. The molecular formula is C17H23NO3. The monoisotopic (exact) mass is 289 g/mol. The first-order chi connectivity index (χ1) is 10.2. The molecule has 0 aliphatic carbocycles. The number of hydrogen-bond acceptors (Lipinski definition) is 3. The molecule has 0 aliphatic heterocycles. The highest BCUT2D eigenvalue weighted by Gasteiger charge is 2.03. The standard InChI is InChI=1S/C17H23NO3/c1-3-4-5-6-13-18-16(19)12-9-14-7-10-15(11-8-14)17(20)21-2/h7-12H,3-6,13H2,1-2H3,(H,18,19). The molecule has 0 fully saturated rings. The zero-order valence-corrected chi connectivity index (χ0v) is 12.7. The Bertz CT molecular complexity index is 477. The third-order valence-corrected chi connectivity index (χ3v) is 3.09. The van der Waals surface area contributed by atoms with Crippen LogP contribution < -0.4 is 5.32 Å². The number of methoxy groups -OCH3 is 1. The van der Waals surface area contributed by atoms with E-state index >= 15 is 0 Å². The van der Waals surface area contributed by atoms with Crippen molar-refractivity contribution in [2.75, 3.05) is 13.7 Å². The predicted molar refractivity (Wildman–Crippen MR) is 84.0 cm³/mol. The van der Waals surface area contributed by atoms with Gasteiger partial charge in [0.2, 0.25) is 5.91 Å². The number of unbranched alkanes of at least 4 members (excludes halogenated alkanes) is 3. The molecule has 0 heterocycles. The van der Waals surface area contributed by atoms with Gasteiger partial charge in [0.05, 0.1) is 12.7 Å². The van der Waals surface area contributed by atoms with Crippen molar-refractivity contribution in [3.8, 4) is 0 Å². The summed E-state index contributed by atoms with van der Waals surface area (Å²) in [6, 6.07) is 6.90. The van der Waals surface area contributed by atoms with Crippen LogP contribution in [0.2, 0.25) is 0 Å². The Labute approximate surface area is 126 Å². The van der Waals surface area contributed by atoms with Gasteiger partial charge < -0.3 is 10.1 Å². The van der Waals surface area contributed by atoms with E-state index in [1.807, 2.05) is 0 Å². The molecule has 1 rings (SSSR count). The second-order valence-corrected chi connectivity index (χ2v) is 4.80. The van der Waals surface area contributed by atoms with Crippen LogP contribution in [0.25, 0.3) is 6.08 Å². The van der Waals surface area contributed by atoms with Gasteiger partial charge in [-0.25, -0.2) is 4.79 Å². The van der Waals surface area contributed by atoms with Gasteiger partial charge in [0.25, 0.3) is 0 Å². The first kappa shape index (κ1) is 17.0. The summed E-state index contributed by atoms with van der Waals surface area (Å²) in [5.74, 6) is -0.459. The van der Waals surface area contributed by atoms with Gasteiger partial charge in [-0.15, -0.1) is 0 Å². The number of amides is 1. The Morgan fingerprint density at radius 2 is 1.86 bits per heavy atom. The van der Waals surface area contributed by atoms with Crippen molar-refractivity contribution in [1.29, 1.82) is 0 Å². The van der Waals surface area contributed by atoms with E-state index in [4.69, 9.17) is 0 Å². The Hall–Kier alpha value is -2.10. The number of carbonyl (C=O) groups excluding carboxylic acids is 2. The quantitative estimate of drug-likeness (QED) is 0.454. The minimum Gasteiger partial charge on any atom is -0.465 e. The first-order valence-electron chi connectivity index (χ1n) is 7.31. The second-order valence-electron chi connectivity index (χ2n) is 4.80. The molecule has 4 nitrogen and oxygen atoms in total. The fraction of sp³-hybridized carbons (Fsp3) is 0.412. The third kappa shape index (κ3) is 6.75. The Balaban J connectivity index is 2.38. The van der Waals surface area contributed by atoms with E-state index in [1.165, 1.54) is 26.0 Å². The van der Waals surface area contributed by atoms with Crippen LogP contribution in [0.3, 0.4) is 0 Å². The van der Waals surface area contributed by atoms with E-state index in [9.17, 15) is 9.59 Å². The number of hydrogen-bond donors (Lipinski definition) is 1. The van der Waals surface area contributed by atoms with Gasteiger partial charge in [-0.05, 0) is 30.2 Å². The van der Waals surface area contributed by atoms with Crippen molar-refractivity contribution in [2.24, 2.45) is 0 Å². The molecule has 114 valence electrons. The van der Waals surface area contributed by atoms with Crippen molar-refractivity contribution in [3.63, 3.8) is 0 Å². The van der Waals surface area contributed by atoms with Gasteiger partial charge in [-0.1, -0.05) is 38.3 Å². The highest BCUT2D eigenvalue weighted by Crippen LogP contribution is 2.07. The molecule has 0 saturated carbocycles. The molecular weight excluding hydrogens is 266 g/mol. The van der Waals surface area contributed by atoms with Gasteiger partial charge in [0, 0.05) is 12.6 Å². The van der Waals surface area contributed by atoms with Crippen LogP contribution in [0.4, 0.5) is 0 Å². The SMILES string of the molecule is CCCCCCNC(=O)C=Cc1ccc(C(=O)OC)cc1. The molecule has 0 aliphatic rings. The van der Waals surface area contributed by atoms with Crippen LogP contribution in [0.15, 0.2) is 30.3 Å². The summed E-state index contributed by atoms with van der Waals surface area (Å²) in [5, 5.41) is 2.85. The number of esters is 1. The fourth-order valence-electron chi connectivity index (χ4n) is 1.84. The van der Waals surface area contributed by atoms with E-state index in [1.54, 1.807) is 30.3 Å². The molecule has 0 unspecified atom stereocenters. The summed E-state index contributed by atoms with van der Waals surface area (Å²) < 4.78 is 4.63. The summed E-state index contributed by atoms with van der Waals surface area (Å²) in [4.78, 5) is 22.9. The molecule has 0 spiro atoms. The van der Waals surface area contributed by atoms with Crippen LogP contribution in [-0.4, -0.2) is 25.5 Å². The molecule has 0 saturated heterocycles. The summed E-state index contributed by atoms with van der Waals surface area (Å²) in [7, 11) is 1.35. The minimum absolute atomic E-state index is 0.0939. The largest absolute Gasteiger partial charge is 0.465 e. The predicted octanol–water partition coefficient (Wildman–Crippen LogP) is 3.18. The molecule has 0 atom stereocenters. The van der Waals surface area contributed by atoms with Gasteiger partial charge in [0.15, 0.2) is 0 Å². The Kier molecular flexibility index (Phi) is 7.87. The molecule has 1 amide bonds. The molecule has 4 heteroatoms. The molecule has 1 aromatic rings. The number of carbonyl (C=O) groups is 2. The van der Waals surface area contributed by atoms with E-state index < -0.39 is 0 Å². The van der Waals surface area contributed by atoms with Gasteiger partial charge in [-0.2, -0.15) is 0 Å². The lowest BCUT2D eigenvalue weighted by molar-refractivity contribution is -0.116. The number of benzene rings is 1. The molecule has 1 aromatic carbocycles. The highest BCUT2D eigenvalue weighted by molar-refractivity contribution is 5.92. The van der Waals surface area contributed by atoms with Crippen molar-refractivity contribution in [1.82, 2.24) is 5.32 Å². The van der Waals surface area contributed by atoms with Gasteiger partial charge in [-0.3, -0.25) is 4.79 Å². The second kappa shape index (κ2) is 9.75. The normalized spacial score (nSPS) is 10.6. The van der Waals surface area contributed by atoms with E-state index in [2.05, 4.69) is 17.0 Å². The van der Waals surface area contributed by atoms with Gasteiger partial charge in [0.1, 0.15) is 0 Å². The van der Waals surface area contributed by atoms with Crippen molar-refractivity contribution in [2.45, 2.75) is 32.6 Å². The van der Waals surface area contributed by atoms with Gasteiger partial charge >= 0.3 is 5.97 Å². The van der Waals surface area contributed by atoms with Crippen LogP contribution in [0.1, 0.15) is 48.5 Å². The zero-order chi connectivity index (χ0) is 15.5.